The summed E-state index contributed by atoms with van der Waals surface area (Å²) in [6.07, 6.45) is 3.59. The highest BCUT2D eigenvalue weighted by molar-refractivity contribution is 14.1. The van der Waals surface area contributed by atoms with Crippen LogP contribution in [0.3, 0.4) is 0 Å². The number of hydrogen-bond donors (Lipinski definition) is 2. The summed E-state index contributed by atoms with van der Waals surface area (Å²) in [4.78, 5) is 12.9. The minimum absolute atomic E-state index is 0.230. The van der Waals surface area contributed by atoms with Crippen LogP contribution in [-0.4, -0.2) is 18.5 Å². The third-order valence-corrected chi connectivity index (χ3v) is 9.82. The summed E-state index contributed by atoms with van der Waals surface area (Å²) < 4.78 is 5.41. The molecule has 0 aliphatic heterocycles. The summed E-state index contributed by atoms with van der Waals surface area (Å²) in [6, 6.07) is 16.3. The smallest absolute Gasteiger partial charge is 0.255 e. The quantitative estimate of drug-likeness (QED) is 0.208. The molecule has 0 saturated heterocycles. The summed E-state index contributed by atoms with van der Waals surface area (Å²) in [6.45, 7) is 0. The third-order valence-electron chi connectivity index (χ3n) is 4.82. The molecule has 4 nitrogen and oxygen atoms in total. The number of fused-ring (bicyclic) bond motifs is 1. The van der Waals surface area contributed by atoms with Crippen molar-refractivity contribution in [2.24, 2.45) is 0 Å². The Morgan fingerprint density at radius 2 is 1.72 bits per heavy atom. The zero-order chi connectivity index (χ0) is 23.0. The average molecular weight is 804 g/mol. The topological polar surface area (TPSA) is 58.6 Å². The number of halogens is 5. The molecule has 0 radical (unpaired) electrons. The van der Waals surface area contributed by atoms with E-state index in [2.05, 4.69) is 50.5 Å². The van der Waals surface area contributed by atoms with Gasteiger partial charge in [-0.1, -0.05) is 76.1 Å². The number of benzene rings is 3. The van der Waals surface area contributed by atoms with E-state index < -0.39 is 3.61 Å². The molecule has 3 aromatic carbocycles. The number of allylic oxidation sites excluding steroid dienone is 2. The number of carbonyl (C=O) groups excluding carboxylic acids is 1. The molecular weight excluding hydrogens is 790 g/mol. The van der Waals surface area contributed by atoms with Crippen molar-refractivity contribution in [3.8, 4) is 11.5 Å². The Morgan fingerprint density at radius 1 is 1.03 bits per heavy atom. The summed E-state index contributed by atoms with van der Waals surface area (Å²) in [5, 5.41) is 16.3. The van der Waals surface area contributed by atoms with Crippen molar-refractivity contribution in [1.29, 1.82) is 0 Å². The van der Waals surface area contributed by atoms with Gasteiger partial charge in [0.2, 0.25) is 0 Å². The molecule has 9 heteroatoms. The van der Waals surface area contributed by atoms with Gasteiger partial charge >= 0.3 is 0 Å². The Balaban J connectivity index is 1.57. The van der Waals surface area contributed by atoms with Crippen LogP contribution in [0.15, 0.2) is 75.9 Å². The molecule has 0 aromatic heterocycles. The average Bonchev–Trinajstić information content (AvgIpc) is 2.74. The Morgan fingerprint density at radius 3 is 2.44 bits per heavy atom. The summed E-state index contributed by atoms with van der Waals surface area (Å²) in [7, 11) is 0. The van der Waals surface area contributed by atoms with E-state index in [1.165, 1.54) is 0 Å². The van der Waals surface area contributed by atoms with Crippen LogP contribution < -0.4 is 10.1 Å². The molecule has 32 heavy (non-hydrogen) atoms. The van der Waals surface area contributed by atoms with Crippen LogP contribution >= 0.6 is 91.0 Å². The molecule has 1 aliphatic rings. The van der Waals surface area contributed by atoms with Gasteiger partial charge in [0.25, 0.3) is 5.91 Å². The number of ether oxygens (including phenoxy) is 1. The van der Waals surface area contributed by atoms with E-state index in [-0.39, 0.29) is 15.4 Å². The fourth-order valence-corrected chi connectivity index (χ4v) is 6.32. The number of hydrogen-bond acceptors (Lipinski definition) is 3. The first-order valence-electron chi connectivity index (χ1n) is 9.27. The van der Waals surface area contributed by atoms with Gasteiger partial charge < -0.3 is 15.2 Å². The second kappa shape index (κ2) is 9.95. The molecule has 1 amide bonds. The van der Waals surface area contributed by atoms with Crippen LogP contribution in [0.5, 0.6) is 11.5 Å². The van der Waals surface area contributed by atoms with Gasteiger partial charge in [0.15, 0.2) is 3.61 Å². The number of nitrogens with one attached hydrogen (secondary N) is 1. The molecule has 4 rings (SSSR count). The van der Waals surface area contributed by atoms with Crippen LogP contribution in [-0.2, 0) is 4.79 Å². The molecule has 0 bridgehead atoms. The van der Waals surface area contributed by atoms with Crippen LogP contribution in [0.1, 0.15) is 0 Å². The first-order valence-corrected chi connectivity index (χ1v) is 13.4. The lowest BCUT2D eigenvalue weighted by molar-refractivity contribution is -0.113. The Kier molecular flexibility index (Phi) is 7.62. The normalized spacial score (nSPS) is 20.5. The Bertz CT molecular complexity index is 1290. The molecule has 0 fully saturated rings. The minimum Gasteiger partial charge on any atom is -0.455 e. The second-order valence-corrected chi connectivity index (χ2v) is 12.0. The highest BCUT2D eigenvalue weighted by Gasteiger charge is 2.41. The molecule has 2 atom stereocenters. The van der Waals surface area contributed by atoms with Crippen molar-refractivity contribution in [3.63, 3.8) is 0 Å². The van der Waals surface area contributed by atoms with Crippen LogP contribution in [0.25, 0.3) is 10.8 Å². The van der Waals surface area contributed by atoms with E-state index in [1.807, 2.05) is 52.9 Å². The molecule has 2 N–H and O–H groups in total. The predicted octanol–water partition coefficient (Wildman–Crippen LogP) is 8.06. The number of aliphatic hydroxyl groups is 1. The SMILES string of the molecule is O=C(Nc1ccc(Oc2ccc(Cl)c3ccccc23)c(Cl)c1)C1=CC(I)=CC(I)C1(O)I. The number of alkyl halides is 2. The highest BCUT2D eigenvalue weighted by atomic mass is 127. The molecule has 164 valence electrons. The number of anilines is 1. The van der Waals surface area contributed by atoms with Gasteiger partial charge in [-0.05, 0) is 81.6 Å². The van der Waals surface area contributed by atoms with Gasteiger partial charge in [0.05, 0.1) is 14.5 Å². The molecule has 0 heterocycles. The second-order valence-electron chi connectivity index (χ2n) is 6.98. The summed E-state index contributed by atoms with van der Waals surface area (Å²) in [5.74, 6) is 0.684. The van der Waals surface area contributed by atoms with Crippen molar-refractivity contribution in [3.05, 3.63) is 85.9 Å². The maximum atomic E-state index is 12.9. The third kappa shape index (κ3) is 5.07. The van der Waals surface area contributed by atoms with Crippen LogP contribution in [0.4, 0.5) is 5.69 Å². The molecule has 2 unspecified atom stereocenters. The lowest BCUT2D eigenvalue weighted by Gasteiger charge is -2.30. The first kappa shape index (κ1) is 24.5. The molecular formula is C23H14Cl2I3NO3. The molecule has 3 aromatic rings. The zero-order valence-electron chi connectivity index (χ0n) is 16.1. The van der Waals surface area contributed by atoms with E-state index in [0.717, 1.165) is 14.4 Å². The largest absolute Gasteiger partial charge is 0.455 e. The Hall–Kier alpha value is -0.600. The first-order chi connectivity index (χ1) is 15.2. The van der Waals surface area contributed by atoms with Gasteiger partial charge in [0.1, 0.15) is 11.5 Å². The molecule has 0 saturated carbocycles. The number of carbonyl (C=O) groups is 1. The van der Waals surface area contributed by atoms with Gasteiger partial charge in [-0.3, -0.25) is 4.79 Å². The van der Waals surface area contributed by atoms with E-state index in [0.29, 0.717) is 27.2 Å². The summed E-state index contributed by atoms with van der Waals surface area (Å²) in [5.41, 5.74) is 0.782. The van der Waals surface area contributed by atoms with Gasteiger partial charge in [-0.15, -0.1) is 0 Å². The number of rotatable bonds is 4. The van der Waals surface area contributed by atoms with Crippen molar-refractivity contribution >= 4 is 113 Å². The predicted molar refractivity (Wildman–Crippen MR) is 156 cm³/mol. The fraction of sp³-hybridized carbons (Fsp3) is 0.0870. The highest BCUT2D eigenvalue weighted by Crippen LogP contribution is 2.41. The summed E-state index contributed by atoms with van der Waals surface area (Å²) >= 11 is 18.9. The number of amides is 1. The molecule has 0 spiro atoms. The monoisotopic (exact) mass is 803 g/mol. The fourth-order valence-electron chi connectivity index (χ4n) is 3.21. The van der Waals surface area contributed by atoms with Crippen molar-refractivity contribution in [1.82, 2.24) is 0 Å². The van der Waals surface area contributed by atoms with E-state index in [1.54, 1.807) is 36.4 Å². The van der Waals surface area contributed by atoms with Gasteiger partial charge in [-0.25, -0.2) is 0 Å². The maximum absolute atomic E-state index is 12.9. The van der Waals surface area contributed by atoms with Gasteiger partial charge in [-0.2, -0.15) is 0 Å². The lowest BCUT2D eigenvalue weighted by Crippen LogP contribution is -2.40. The van der Waals surface area contributed by atoms with Crippen LogP contribution in [0.2, 0.25) is 10.0 Å². The van der Waals surface area contributed by atoms with Crippen LogP contribution in [0, 0.1) is 0 Å². The van der Waals surface area contributed by atoms with Crippen molar-refractivity contribution in [2.75, 3.05) is 5.32 Å². The van der Waals surface area contributed by atoms with Crippen molar-refractivity contribution < 1.29 is 14.6 Å². The van der Waals surface area contributed by atoms with E-state index >= 15 is 0 Å². The minimum atomic E-state index is -1.31. The zero-order valence-corrected chi connectivity index (χ0v) is 24.1. The van der Waals surface area contributed by atoms with Crippen molar-refractivity contribution in [2.45, 2.75) is 7.53 Å². The lowest BCUT2D eigenvalue weighted by atomic mass is 10.0. The van der Waals surface area contributed by atoms with E-state index in [9.17, 15) is 9.90 Å². The van der Waals surface area contributed by atoms with E-state index in [4.69, 9.17) is 27.9 Å². The maximum Gasteiger partial charge on any atom is 0.255 e. The van der Waals surface area contributed by atoms with Gasteiger partial charge in [0, 0.05) is 25.1 Å². The Labute approximate surface area is 235 Å². The standard InChI is InChI=1S/C23H14Cl2I3NO3/c24-17-6-8-19(15-4-2-1-3-14(15)17)32-20-7-5-13(11-18(20)25)29-22(30)16-9-12(26)10-21(27)23(16,28)31/h1-11,21,31H,(H,29,30). The molecule has 1 aliphatic carbocycles.